The topological polar surface area (TPSA) is 138 Å². The molecular weight excluding hydrogens is 553 g/mol. The summed E-state index contributed by atoms with van der Waals surface area (Å²) in [5.41, 5.74) is 0.381. The monoisotopic (exact) mass is 573 g/mol. The first-order valence-corrected chi connectivity index (χ1v) is 13.4. The van der Waals surface area contributed by atoms with Crippen molar-refractivity contribution in [3.8, 4) is 11.5 Å². The lowest BCUT2D eigenvalue weighted by Crippen LogP contribution is -2.12. The molecule has 4 rings (SSSR count). The molecule has 1 amide bonds. The zero-order chi connectivity index (χ0) is 27.6. The summed E-state index contributed by atoms with van der Waals surface area (Å²) >= 11 is 12.3. The Morgan fingerprint density at radius 2 is 1.76 bits per heavy atom. The molecule has 0 unspecified atom stereocenters. The fourth-order valence-electron chi connectivity index (χ4n) is 3.67. The number of benzene rings is 4. The Morgan fingerprint density at radius 1 is 1.03 bits per heavy atom. The van der Waals surface area contributed by atoms with Crippen molar-refractivity contribution in [3.05, 3.63) is 81.8 Å². The number of aryl methyl sites for hydroxylation is 1. The molecule has 0 radical (unpaired) electrons. The molecule has 0 spiro atoms. The van der Waals surface area contributed by atoms with Crippen LogP contribution in [0.25, 0.3) is 10.8 Å². The number of carbonyl (C=O) groups is 1. The molecule has 4 aromatic rings. The lowest BCUT2D eigenvalue weighted by Gasteiger charge is -2.13. The lowest BCUT2D eigenvalue weighted by molar-refractivity contribution is 0.102. The number of ether oxygens (including phenoxy) is 1. The van der Waals surface area contributed by atoms with Crippen LogP contribution in [0.15, 0.2) is 75.8 Å². The van der Waals surface area contributed by atoms with Gasteiger partial charge in [-0.1, -0.05) is 47.5 Å². The Balaban J connectivity index is 1.80. The van der Waals surface area contributed by atoms with E-state index in [-0.39, 0.29) is 27.0 Å². The Morgan fingerprint density at radius 3 is 2.45 bits per heavy atom. The highest BCUT2D eigenvalue weighted by Gasteiger charge is 2.21. The number of carbonyl (C=O) groups excluding carboxylic acids is 1. The fraction of sp³-hybridized carbons (Fsp3) is 0.115. The van der Waals surface area contributed by atoms with Crippen molar-refractivity contribution in [1.82, 2.24) is 0 Å². The zero-order valence-corrected chi connectivity index (χ0v) is 22.4. The largest absolute Gasteiger partial charge is 0.505 e. The molecule has 196 valence electrons. The minimum Gasteiger partial charge on any atom is -0.505 e. The number of aromatic hydroxyl groups is 1. The summed E-state index contributed by atoms with van der Waals surface area (Å²) in [6, 6.07) is 15.5. The molecule has 12 heteroatoms. The molecular formula is C26H21Cl2N3O6S. The molecule has 0 saturated carbocycles. The van der Waals surface area contributed by atoms with Crippen LogP contribution in [0.2, 0.25) is 10.0 Å². The van der Waals surface area contributed by atoms with E-state index >= 15 is 0 Å². The fourth-order valence-corrected chi connectivity index (χ4v) is 4.75. The van der Waals surface area contributed by atoms with Gasteiger partial charge in [-0.25, -0.2) is 0 Å². The maximum Gasteiger partial charge on any atom is 0.296 e. The summed E-state index contributed by atoms with van der Waals surface area (Å²) in [5, 5.41) is 23.1. The van der Waals surface area contributed by atoms with Crippen LogP contribution in [0.5, 0.6) is 11.5 Å². The summed E-state index contributed by atoms with van der Waals surface area (Å²) in [6.07, 6.45) is 0. The number of amides is 1. The molecule has 38 heavy (non-hydrogen) atoms. The summed E-state index contributed by atoms with van der Waals surface area (Å²) < 4.78 is 38.8. The number of anilines is 1. The van der Waals surface area contributed by atoms with E-state index in [2.05, 4.69) is 15.5 Å². The summed E-state index contributed by atoms with van der Waals surface area (Å²) in [4.78, 5) is 12.6. The predicted molar refractivity (Wildman–Crippen MR) is 146 cm³/mol. The van der Waals surface area contributed by atoms with Crippen LogP contribution in [-0.4, -0.2) is 30.6 Å². The van der Waals surface area contributed by atoms with Gasteiger partial charge in [0.05, 0.1) is 22.9 Å². The van der Waals surface area contributed by atoms with E-state index in [1.807, 2.05) is 6.92 Å². The first-order chi connectivity index (χ1) is 18.0. The number of phenolic OH excluding ortho intramolecular Hbond substituents is 1. The number of phenols is 1. The van der Waals surface area contributed by atoms with Gasteiger partial charge in [0.15, 0.2) is 5.75 Å². The third-order valence-electron chi connectivity index (χ3n) is 5.52. The predicted octanol–water partition coefficient (Wildman–Crippen LogP) is 7.47. The average molecular weight is 574 g/mol. The van der Waals surface area contributed by atoms with Gasteiger partial charge in [0.25, 0.3) is 16.0 Å². The normalized spacial score (nSPS) is 11.7. The number of hydrogen-bond acceptors (Lipinski definition) is 7. The Hall–Kier alpha value is -3.70. The Kier molecular flexibility index (Phi) is 7.89. The standard InChI is InChI=1S/C26H21Cl2N3O6S/c1-3-37-16-8-9-21(20(28)12-16)29-26(33)18-11-15-6-4-5-7-17(15)24(25(18)32)31-30-22-10-14(2)19(27)13-23(22)38(34,35)36/h4-13,32H,3H2,1-2H3,(H,29,33)(H,34,35,36). The summed E-state index contributed by atoms with van der Waals surface area (Å²) in [6.45, 7) is 3.91. The first-order valence-electron chi connectivity index (χ1n) is 11.2. The molecule has 3 N–H and O–H groups in total. The maximum absolute atomic E-state index is 13.2. The van der Waals surface area contributed by atoms with Crippen molar-refractivity contribution >= 4 is 67.1 Å². The van der Waals surface area contributed by atoms with Crippen molar-refractivity contribution in [2.75, 3.05) is 11.9 Å². The molecule has 0 aliphatic heterocycles. The van der Waals surface area contributed by atoms with Crippen LogP contribution in [0.4, 0.5) is 17.1 Å². The zero-order valence-electron chi connectivity index (χ0n) is 20.1. The smallest absolute Gasteiger partial charge is 0.296 e. The summed E-state index contributed by atoms with van der Waals surface area (Å²) in [7, 11) is -4.68. The van der Waals surface area contributed by atoms with Gasteiger partial charge in [-0.2, -0.15) is 8.42 Å². The average Bonchev–Trinajstić information content (AvgIpc) is 2.86. The number of fused-ring (bicyclic) bond motifs is 1. The number of halogens is 2. The van der Waals surface area contributed by atoms with Crippen LogP contribution in [-0.2, 0) is 10.1 Å². The first kappa shape index (κ1) is 27.3. The van der Waals surface area contributed by atoms with Gasteiger partial charge in [0.1, 0.15) is 22.0 Å². The van der Waals surface area contributed by atoms with Crippen molar-refractivity contribution in [2.45, 2.75) is 18.7 Å². The van der Waals surface area contributed by atoms with Crippen molar-refractivity contribution in [2.24, 2.45) is 10.2 Å². The third-order valence-corrected chi connectivity index (χ3v) is 7.12. The van der Waals surface area contributed by atoms with E-state index in [0.29, 0.717) is 34.4 Å². The van der Waals surface area contributed by atoms with E-state index < -0.39 is 26.7 Å². The van der Waals surface area contributed by atoms with Crippen LogP contribution in [0, 0.1) is 6.92 Å². The maximum atomic E-state index is 13.2. The lowest BCUT2D eigenvalue weighted by atomic mass is 10.0. The minimum absolute atomic E-state index is 0.0834. The highest BCUT2D eigenvalue weighted by molar-refractivity contribution is 7.86. The van der Waals surface area contributed by atoms with Gasteiger partial charge in [-0.15, -0.1) is 10.2 Å². The van der Waals surface area contributed by atoms with Crippen LogP contribution >= 0.6 is 23.2 Å². The van der Waals surface area contributed by atoms with Crippen molar-refractivity contribution in [3.63, 3.8) is 0 Å². The van der Waals surface area contributed by atoms with Crippen molar-refractivity contribution < 1.29 is 27.6 Å². The third kappa shape index (κ3) is 5.73. The number of hydrogen-bond donors (Lipinski definition) is 3. The molecule has 0 bridgehead atoms. The van der Waals surface area contributed by atoms with Gasteiger partial charge < -0.3 is 15.2 Å². The van der Waals surface area contributed by atoms with Gasteiger partial charge in [0, 0.05) is 16.5 Å². The number of nitrogens with one attached hydrogen (secondary N) is 1. The number of azo groups is 1. The molecule has 9 nitrogen and oxygen atoms in total. The number of nitrogens with zero attached hydrogens (tertiary/aromatic N) is 2. The Bertz CT molecular complexity index is 1710. The SMILES string of the molecule is CCOc1ccc(NC(=O)c2cc3ccccc3c(N=Nc3cc(C)c(Cl)cc3S(=O)(=O)O)c2O)c(Cl)c1. The molecule has 0 fully saturated rings. The quantitative estimate of drug-likeness (QED) is 0.155. The second-order valence-electron chi connectivity index (χ2n) is 8.12. The molecule has 0 saturated heterocycles. The second-order valence-corrected chi connectivity index (χ2v) is 10.3. The summed E-state index contributed by atoms with van der Waals surface area (Å²) in [5.74, 6) is -0.628. The highest BCUT2D eigenvalue weighted by Crippen LogP contribution is 2.41. The van der Waals surface area contributed by atoms with Gasteiger partial charge in [0.2, 0.25) is 0 Å². The van der Waals surface area contributed by atoms with Gasteiger partial charge in [-0.05, 0) is 55.1 Å². The highest BCUT2D eigenvalue weighted by atomic mass is 35.5. The van der Waals surface area contributed by atoms with Crippen LogP contribution < -0.4 is 10.1 Å². The van der Waals surface area contributed by atoms with E-state index in [0.717, 1.165) is 6.07 Å². The van der Waals surface area contributed by atoms with E-state index in [1.165, 1.54) is 12.1 Å². The van der Waals surface area contributed by atoms with Gasteiger partial charge >= 0.3 is 0 Å². The van der Waals surface area contributed by atoms with Crippen LogP contribution in [0.3, 0.4) is 0 Å². The van der Waals surface area contributed by atoms with Crippen LogP contribution in [0.1, 0.15) is 22.8 Å². The van der Waals surface area contributed by atoms with Gasteiger partial charge in [-0.3, -0.25) is 9.35 Å². The molecule has 0 aliphatic carbocycles. The van der Waals surface area contributed by atoms with E-state index in [1.54, 1.807) is 49.4 Å². The second kappa shape index (κ2) is 11.0. The van der Waals surface area contributed by atoms with E-state index in [9.17, 15) is 22.9 Å². The molecule has 4 aromatic carbocycles. The molecule has 0 aromatic heterocycles. The minimum atomic E-state index is -4.68. The van der Waals surface area contributed by atoms with E-state index in [4.69, 9.17) is 27.9 Å². The number of rotatable bonds is 7. The van der Waals surface area contributed by atoms with Crippen molar-refractivity contribution in [1.29, 1.82) is 0 Å². The molecule has 0 heterocycles. The molecule has 0 atom stereocenters. The Labute approximate surface area is 228 Å². The molecule has 0 aliphatic rings.